The fourth-order valence-corrected chi connectivity index (χ4v) is 9.94. The normalized spacial score (nSPS) is 45.9. The van der Waals surface area contributed by atoms with Crippen molar-refractivity contribution in [3.05, 3.63) is 11.2 Å². The zero-order valence-corrected chi connectivity index (χ0v) is 25.5. The molecule has 20 nitrogen and oxygen atoms in total. The van der Waals surface area contributed by atoms with Crippen LogP contribution in [0.3, 0.4) is 0 Å². The fraction of sp³-hybridized carbons (Fsp3) is 0.636. The number of nitrogens with two attached hydrogens (primary N) is 2. The summed E-state index contributed by atoms with van der Waals surface area (Å²) in [7, 11) is -9.63. The fourth-order valence-electron chi connectivity index (χ4n) is 7.02. The van der Waals surface area contributed by atoms with Gasteiger partial charge in [0.15, 0.2) is 24.0 Å². The number of guanidine groups is 1. The average molecular weight is 688 g/mol. The maximum atomic E-state index is 13.3. The number of carbonyl (C=O) groups excluding carboxylic acids is 1. The van der Waals surface area contributed by atoms with E-state index in [0.29, 0.717) is 15.9 Å². The minimum atomic E-state index is -4.87. The Labute approximate surface area is 257 Å². The van der Waals surface area contributed by atoms with Gasteiger partial charge in [0.1, 0.15) is 41.8 Å². The Hall–Kier alpha value is -2.68. The molecule has 12 atom stereocenters. The largest absolute Gasteiger partial charge is 0.472 e. The van der Waals surface area contributed by atoms with Crippen molar-refractivity contribution in [1.29, 1.82) is 0 Å². The van der Waals surface area contributed by atoms with E-state index in [1.54, 1.807) is 4.90 Å². The first kappa shape index (κ1) is 29.7. The first-order chi connectivity index (χ1) is 21.4. The van der Waals surface area contributed by atoms with Crippen LogP contribution in [-0.4, -0.2) is 108 Å². The number of aliphatic imine (C=N–C) groups is 2. The smallest absolute Gasteiger partial charge is 0.388 e. The van der Waals surface area contributed by atoms with Crippen LogP contribution in [-0.2, 0) is 36.8 Å². The van der Waals surface area contributed by atoms with Crippen LogP contribution in [0.1, 0.15) is 23.8 Å². The van der Waals surface area contributed by atoms with Crippen molar-refractivity contribution in [2.75, 3.05) is 18.9 Å². The first-order valence-corrected chi connectivity index (χ1v) is 17.6. The molecule has 0 aromatic carbocycles. The number of anilines is 1. The van der Waals surface area contributed by atoms with Crippen LogP contribution in [0.15, 0.2) is 16.3 Å². The number of nitrogens with zero attached hydrogens (tertiary/aromatic N) is 6. The Balaban J connectivity index is 1.06. The van der Waals surface area contributed by atoms with Gasteiger partial charge in [-0.05, 0) is 23.9 Å². The van der Waals surface area contributed by atoms with E-state index in [1.807, 2.05) is 0 Å². The van der Waals surface area contributed by atoms with Crippen molar-refractivity contribution in [3.63, 3.8) is 0 Å². The Morgan fingerprint density at radius 1 is 1.11 bits per heavy atom. The van der Waals surface area contributed by atoms with Crippen molar-refractivity contribution >= 4 is 62.2 Å². The summed E-state index contributed by atoms with van der Waals surface area (Å²) in [5.74, 6) is -0.904. The number of carbonyl (C=O) groups is 1. The highest BCUT2D eigenvalue weighted by molar-refractivity contribution is 7.47. The number of ether oxygens (including phenoxy) is 1. The van der Waals surface area contributed by atoms with Gasteiger partial charge in [-0.3, -0.25) is 33.2 Å². The van der Waals surface area contributed by atoms with Crippen LogP contribution in [0.4, 0.5) is 5.82 Å². The molecule has 1 spiro atoms. The molecular formula is C22H27N9O11P2S. The van der Waals surface area contributed by atoms with Crippen LogP contribution < -0.4 is 16.8 Å². The quantitative estimate of drug-likeness (QED) is 0.201. The lowest BCUT2D eigenvalue weighted by Gasteiger charge is -2.36. The summed E-state index contributed by atoms with van der Waals surface area (Å²) in [5, 5.41) is 13.9. The molecule has 4 unspecified atom stereocenters. The predicted octanol–water partition coefficient (Wildman–Crippen LogP) is -1.25. The van der Waals surface area contributed by atoms with E-state index in [2.05, 4.69) is 29.6 Å². The number of aliphatic hydroxyl groups is 1. The molecule has 2 aromatic rings. The minimum Gasteiger partial charge on any atom is -0.388 e. The summed E-state index contributed by atoms with van der Waals surface area (Å²) in [6.45, 7) is -1.04. The minimum absolute atomic E-state index is 0.0327. The van der Waals surface area contributed by atoms with Gasteiger partial charge in [-0.25, -0.2) is 24.1 Å². The highest BCUT2D eigenvalue weighted by atomic mass is 32.1. The highest BCUT2D eigenvalue weighted by Gasteiger charge is 2.75. The molecule has 2 saturated carbocycles. The van der Waals surface area contributed by atoms with Gasteiger partial charge >= 0.3 is 15.6 Å². The molecule has 45 heavy (non-hydrogen) atoms. The third kappa shape index (κ3) is 4.80. The second kappa shape index (κ2) is 10.2. The number of fused-ring (bicyclic) bond motifs is 3. The van der Waals surface area contributed by atoms with Gasteiger partial charge in [-0.15, -0.1) is 0 Å². The molecule has 23 heteroatoms. The van der Waals surface area contributed by atoms with Gasteiger partial charge < -0.3 is 36.0 Å². The molecule has 8 N–H and O–H groups in total. The third-order valence-electron chi connectivity index (χ3n) is 9.13. The second-order valence-electron chi connectivity index (χ2n) is 11.7. The number of aliphatic hydroxyl groups excluding tert-OH is 1. The number of nitrogens with one attached hydrogen (secondary N) is 1. The molecule has 6 heterocycles. The molecule has 2 aliphatic carbocycles. The van der Waals surface area contributed by atoms with Crippen molar-refractivity contribution < 1.29 is 51.6 Å². The molecule has 4 fully saturated rings. The maximum absolute atomic E-state index is 13.3. The Bertz CT molecular complexity index is 1750. The summed E-state index contributed by atoms with van der Waals surface area (Å²) >= 11 is 1.06. The molecule has 0 radical (unpaired) electrons. The van der Waals surface area contributed by atoms with E-state index in [-0.39, 0.29) is 24.6 Å². The van der Waals surface area contributed by atoms with Gasteiger partial charge in [0.25, 0.3) is 5.91 Å². The lowest BCUT2D eigenvalue weighted by molar-refractivity contribution is -0.122. The molecule has 8 rings (SSSR count). The predicted molar refractivity (Wildman–Crippen MR) is 151 cm³/mol. The summed E-state index contributed by atoms with van der Waals surface area (Å²) < 4.78 is 58.8. The van der Waals surface area contributed by atoms with Crippen LogP contribution in [0, 0.1) is 11.3 Å². The zero-order valence-electron chi connectivity index (χ0n) is 22.9. The SMILES string of the molecule is NC1=NC2C(N=CN2[C@H]2[C@H](O)[C@@H]3OP(=O)(O)OC[C@H]4O[C@@H](c5snc6c(N)ncnc56)C[C@@H]4OP(=O)(O)OC[C@]34C[C@H]24)C(=O)N1. The van der Waals surface area contributed by atoms with E-state index in [0.717, 1.165) is 11.5 Å². The van der Waals surface area contributed by atoms with Gasteiger partial charge in [0.2, 0.25) is 0 Å². The van der Waals surface area contributed by atoms with Gasteiger partial charge in [0.05, 0.1) is 36.6 Å². The van der Waals surface area contributed by atoms with Crippen molar-refractivity contribution in [2.45, 2.75) is 61.6 Å². The number of phosphoric ester groups is 2. The molecule has 2 aromatic heterocycles. The molecule has 6 aliphatic rings. The van der Waals surface area contributed by atoms with E-state index in [9.17, 15) is 28.8 Å². The van der Waals surface area contributed by atoms with E-state index >= 15 is 0 Å². The summed E-state index contributed by atoms with van der Waals surface area (Å²) in [6, 6.07) is -1.74. The molecule has 242 valence electrons. The van der Waals surface area contributed by atoms with E-state index in [1.165, 1.54) is 12.7 Å². The number of rotatable bonds is 2. The molecular weight excluding hydrogens is 660 g/mol. The van der Waals surface area contributed by atoms with Gasteiger partial charge in [-0.1, -0.05) is 0 Å². The maximum Gasteiger partial charge on any atom is 0.472 e. The first-order valence-electron chi connectivity index (χ1n) is 13.8. The van der Waals surface area contributed by atoms with Crippen LogP contribution in [0.25, 0.3) is 11.0 Å². The molecule has 0 bridgehead atoms. The average Bonchev–Trinajstić information content (AvgIpc) is 3.31. The van der Waals surface area contributed by atoms with E-state index < -0.39 is 94.9 Å². The van der Waals surface area contributed by atoms with E-state index in [4.69, 9.17) is 34.3 Å². The Morgan fingerprint density at radius 2 is 1.91 bits per heavy atom. The number of amides is 1. The topological polar surface area (TPSA) is 289 Å². The number of hydrogen-bond acceptors (Lipinski definition) is 18. The Morgan fingerprint density at radius 3 is 2.73 bits per heavy atom. The van der Waals surface area contributed by atoms with Crippen molar-refractivity contribution in [1.82, 2.24) is 24.6 Å². The number of aromatic nitrogens is 3. The van der Waals surface area contributed by atoms with Crippen LogP contribution >= 0.6 is 27.2 Å². The van der Waals surface area contributed by atoms with Crippen molar-refractivity contribution in [3.8, 4) is 0 Å². The summed E-state index contributed by atoms with van der Waals surface area (Å²) in [5.41, 5.74) is 11.3. The highest BCUT2D eigenvalue weighted by Crippen LogP contribution is 2.70. The molecule has 1 amide bonds. The Kier molecular flexibility index (Phi) is 6.71. The number of hydrogen-bond donors (Lipinski definition) is 6. The standard InChI is InChI=1S/C22H27N9O11P2S/c23-18-12-11(25-5-26-18)16(45-30-12)9-1-8-10(40-9)3-38-43(34,35)42-17-15(32)14(7-2-22(7,17)4-39-44(36,37)41-8)31-6-27-13-19(31)28-21(24)29-20(13)33/h5-10,13-15,17,19,32H,1-4H2,(H,34,35)(H,36,37)(H2,23,25,26)(H3,24,28,29,33)/t7-,8+,9-,10-,13?,14-,15+,17+,19?,22+/m1/s1. The lowest BCUT2D eigenvalue weighted by atomic mass is 10.00. The second-order valence-corrected chi connectivity index (χ2v) is 15.3. The van der Waals surface area contributed by atoms with Gasteiger partial charge in [-0.2, -0.15) is 4.37 Å². The third-order valence-corrected chi connectivity index (χ3v) is 12.0. The number of nitrogen functional groups attached to an aromatic ring is 1. The molecule has 2 saturated heterocycles. The zero-order chi connectivity index (χ0) is 31.5. The molecule has 4 aliphatic heterocycles. The van der Waals surface area contributed by atoms with Crippen LogP contribution in [0.5, 0.6) is 0 Å². The van der Waals surface area contributed by atoms with Crippen LogP contribution in [0.2, 0.25) is 0 Å². The monoisotopic (exact) mass is 687 g/mol. The lowest BCUT2D eigenvalue weighted by Crippen LogP contribution is -2.57. The van der Waals surface area contributed by atoms with Gasteiger partial charge in [0, 0.05) is 11.8 Å². The van der Waals surface area contributed by atoms with Crippen molar-refractivity contribution in [2.24, 2.45) is 27.1 Å². The summed E-state index contributed by atoms with van der Waals surface area (Å²) in [6.07, 6.45) is -3.71. The summed E-state index contributed by atoms with van der Waals surface area (Å²) in [4.78, 5) is 52.7. The number of phosphoric acid groups is 2.